The van der Waals surface area contributed by atoms with Crippen molar-refractivity contribution in [2.45, 2.75) is 98.7 Å². The Bertz CT molecular complexity index is 1950. The van der Waals surface area contributed by atoms with E-state index in [1.807, 2.05) is 0 Å². The molecule has 294 valence electrons. The van der Waals surface area contributed by atoms with E-state index in [-0.39, 0.29) is 24.8 Å². The Morgan fingerprint density at radius 3 is 1.14 bits per heavy atom. The van der Waals surface area contributed by atoms with Gasteiger partial charge in [-0.3, -0.25) is 0 Å². The number of allylic oxidation sites excluding steroid dienone is 2. The van der Waals surface area contributed by atoms with Gasteiger partial charge >= 0.3 is 321 Å². The van der Waals surface area contributed by atoms with Crippen molar-refractivity contribution in [3.05, 3.63) is 129 Å². The molecule has 0 aromatic heterocycles. The summed E-state index contributed by atoms with van der Waals surface area (Å²) in [6, 6.07) is 24.6. The smallest absolute Gasteiger partial charge is 1.00 e. The van der Waals surface area contributed by atoms with Crippen LogP contribution in [0.15, 0.2) is 96.1 Å². The van der Waals surface area contributed by atoms with Gasteiger partial charge in [-0.05, 0) is 0 Å². The molecule has 4 aromatic rings. The average molecular weight is 974 g/mol. The first-order valence-electron chi connectivity index (χ1n) is 20.1. The topological polar surface area (TPSA) is 0 Å². The van der Waals surface area contributed by atoms with Crippen molar-refractivity contribution in [1.29, 1.82) is 0 Å². The number of alkyl halides is 6. The van der Waals surface area contributed by atoms with Gasteiger partial charge in [0.2, 0.25) is 0 Å². The van der Waals surface area contributed by atoms with Crippen molar-refractivity contribution >= 4 is 12.2 Å². The van der Waals surface area contributed by atoms with Gasteiger partial charge in [0.15, 0.2) is 0 Å². The SMILES string of the molecule is FC(F)(F)c1ccc(-c2cccc3c2C=C(C2CCCCC2)[CH]3[Hf+2]2([CH]3C(C4CCCCC4)=Cc4c(-c5ccc(C(F)(F)F)cc5)cccc43)[CH2]C[CH2]2)cc1.[Cl-].[Cl-]. The van der Waals surface area contributed by atoms with Crippen LogP contribution in [0.1, 0.15) is 111 Å². The second kappa shape index (κ2) is 16.2. The number of halogens is 8. The summed E-state index contributed by atoms with van der Waals surface area (Å²) < 4.78 is 84.9. The summed E-state index contributed by atoms with van der Waals surface area (Å²) in [5.41, 5.74) is 10.9. The summed E-state index contributed by atoms with van der Waals surface area (Å²) in [4.78, 5) is 0. The summed E-state index contributed by atoms with van der Waals surface area (Å²) >= 11 is -3.52. The van der Waals surface area contributed by atoms with Crippen LogP contribution in [-0.2, 0) is 32.3 Å². The van der Waals surface area contributed by atoms with Crippen LogP contribution in [0.5, 0.6) is 0 Å². The van der Waals surface area contributed by atoms with Crippen LogP contribution in [0.3, 0.4) is 0 Å². The van der Waals surface area contributed by atoms with E-state index >= 15 is 0 Å². The van der Waals surface area contributed by atoms with Gasteiger partial charge < -0.3 is 24.8 Å². The fourth-order valence-corrected chi connectivity index (χ4v) is 34.1. The molecule has 9 heteroatoms. The van der Waals surface area contributed by atoms with Crippen molar-refractivity contribution in [2.75, 3.05) is 0 Å². The second-order valence-corrected chi connectivity index (χ2v) is 33.3. The molecule has 2 atom stereocenters. The van der Waals surface area contributed by atoms with Crippen molar-refractivity contribution in [2.24, 2.45) is 11.8 Å². The zero-order valence-corrected chi connectivity index (χ0v) is 36.4. The molecule has 0 amide bonds. The summed E-state index contributed by atoms with van der Waals surface area (Å²) in [6.45, 7) is 0. The Kier molecular flexibility index (Phi) is 12.0. The first-order valence-corrected chi connectivity index (χ1v) is 29.3. The molecule has 56 heavy (non-hydrogen) atoms. The Morgan fingerprint density at radius 1 is 0.446 bits per heavy atom. The zero-order chi connectivity index (χ0) is 37.2. The van der Waals surface area contributed by atoms with E-state index in [4.69, 9.17) is 0 Å². The fourth-order valence-electron chi connectivity index (χ4n) is 11.2. The Morgan fingerprint density at radius 2 is 0.821 bits per heavy atom. The maximum absolute atomic E-state index is 13.6. The number of fused-ring (bicyclic) bond motifs is 2. The minimum atomic E-state index is -4.38. The molecule has 5 aliphatic rings. The van der Waals surface area contributed by atoms with E-state index in [1.54, 1.807) is 35.4 Å². The van der Waals surface area contributed by atoms with Crippen molar-refractivity contribution in [3.8, 4) is 22.3 Å². The third kappa shape index (κ3) is 7.33. The van der Waals surface area contributed by atoms with E-state index in [0.29, 0.717) is 19.2 Å². The first-order chi connectivity index (χ1) is 26.0. The zero-order valence-electron chi connectivity index (χ0n) is 31.3. The molecule has 0 radical (unpaired) electrons. The molecule has 2 saturated carbocycles. The molecule has 0 N–H and O–H groups in total. The first kappa shape index (κ1) is 41.5. The number of hydrogen-bond donors (Lipinski definition) is 0. The van der Waals surface area contributed by atoms with E-state index in [2.05, 4.69) is 48.6 Å². The number of hydrogen-bond acceptors (Lipinski definition) is 0. The van der Waals surface area contributed by atoms with Gasteiger partial charge in [-0.25, -0.2) is 0 Å². The van der Waals surface area contributed by atoms with Gasteiger partial charge in [-0.1, -0.05) is 0 Å². The van der Waals surface area contributed by atoms with E-state index < -0.39 is 43.4 Å². The van der Waals surface area contributed by atoms with Crippen LogP contribution >= 0.6 is 0 Å². The summed E-state index contributed by atoms with van der Waals surface area (Å²) in [5, 5.41) is 0. The molecular formula is C47H46Cl2F6Hf. The largest absolute Gasteiger partial charge is 1.00 e. The van der Waals surface area contributed by atoms with Crippen molar-refractivity contribution in [1.82, 2.24) is 0 Å². The van der Waals surface area contributed by atoms with Crippen LogP contribution in [0.4, 0.5) is 26.3 Å². The Balaban J connectivity index is 0.00000240. The van der Waals surface area contributed by atoms with E-state index in [1.165, 1.54) is 126 Å². The molecule has 9 rings (SSSR count). The predicted octanol–water partition coefficient (Wildman–Crippen LogP) is 9.20. The molecule has 3 fully saturated rings. The molecule has 2 unspecified atom stereocenters. The molecule has 0 nitrogen and oxygen atoms in total. The molecule has 0 spiro atoms. The summed E-state index contributed by atoms with van der Waals surface area (Å²) in [5.74, 6) is 1.05. The maximum Gasteiger partial charge on any atom is -1.00 e. The molecule has 0 bridgehead atoms. The minimum absolute atomic E-state index is 0. The molecule has 1 saturated heterocycles. The van der Waals surface area contributed by atoms with Crippen LogP contribution in [0.2, 0.25) is 8.35 Å². The molecule has 4 aliphatic carbocycles. The molecule has 4 aromatic carbocycles. The molecule has 1 heterocycles. The summed E-state index contributed by atoms with van der Waals surface area (Å²) in [7, 11) is 0. The third-order valence-corrected chi connectivity index (χ3v) is 35.9. The normalized spacial score (nSPS) is 21.6. The third-order valence-electron chi connectivity index (χ3n) is 13.8. The van der Waals surface area contributed by atoms with Gasteiger partial charge in [0.1, 0.15) is 0 Å². The van der Waals surface area contributed by atoms with Crippen LogP contribution in [-0.4, -0.2) is 0 Å². The maximum atomic E-state index is 13.6. The van der Waals surface area contributed by atoms with Gasteiger partial charge in [0, 0.05) is 0 Å². The Labute approximate surface area is 343 Å². The predicted molar refractivity (Wildman–Crippen MR) is 203 cm³/mol. The van der Waals surface area contributed by atoms with Gasteiger partial charge in [0.05, 0.1) is 0 Å². The second-order valence-electron chi connectivity index (χ2n) is 16.7. The molecular weight excluding hydrogens is 928 g/mol. The minimum Gasteiger partial charge on any atom is -1.00 e. The monoisotopic (exact) mass is 974 g/mol. The van der Waals surface area contributed by atoms with Gasteiger partial charge in [0.25, 0.3) is 0 Å². The number of rotatable bonds is 6. The van der Waals surface area contributed by atoms with E-state index in [9.17, 15) is 26.3 Å². The van der Waals surface area contributed by atoms with Crippen molar-refractivity contribution < 1.29 is 71.1 Å². The molecule has 1 aliphatic heterocycles. The van der Waals surface area contributed by atoms with Gasteiger partial charge in [-0.15, -0.1) is 0 Å². The van der Waals surface area contributed by atoms with Crippen molar-refractivity contribution in [3.63, 3.8) is 0 Å². The summed E-state index contributed by atoms with van der Waals surface area (Å²) in [6.07, 6.45) is 9.73. The van der Waals surface area contributed by atoms with Crippen LogP contribution in [0.25, 0.3) is 34.4 Å². The fraction of sp³-hybridized carbons (Fsp3) is 0.404. The number of benzene rings is 4. The van der Waals surface area contributed by atoms with E-state index in [0.717, 1.165) is 22.3 Å². The van der Waals surface area contributed by atoms with Crippen LogP contribution < -0.4 is 24.8 Å². The average Bonchev–Trinajstić information content (AvgIpc) is 3.75. The van der Waals surface area contributed by atoms with Gasteiger partial charge in [-0.2, -0.15) is 0 Å². The standard InChI is InChI=1S/2C22H20F3.C3H6.2ClH.Hf/c2*23-22(24,25)19-11-9-16(10-12-19)20-8-4-7-17-13-18(14-21(17)20)15-5-2-1-3-6-15;1-3-2;;;/h2*4,7-15H,1-3,5-6H2;1-3H2;2*1H;/q;;;;;+2/p-2. The Hall–Kier alpha value is -2.61. The van der Waals surface area contributed by atoms with Crippen LogP contribution in [0, 0.1) is 11.8 Å². The quantitative estimate of drug-likeness (QED) is 0.134.